The Morgan fingerprint density at radius 3 is 1.76 bits per heavy atom. The molecule has 0 atom stereocenters. The van der Waals surface area contributed by atoms with E-state index in [2.05, 4.69) is 0 Å². The van der Waals surface area contributed by atoms with E-state index < -0.39 is 29.2 Å². The fourth-order valence-electron chi connectivity index (χ4n) is 1.90. The predicted octanol–water partition coefficient (Wildman–Crippen LogP) is 4.97. The predicted molar refractivity (Wildman–Crippen MR) is 66.3 cm³/mol. The fraction of sp³-hybridized carbons (Fsp3) is 0.143. The van der Waals surface area contributed by atoms with E-state index >= 15 is 0 Å². The van der Waals surface area contributed by atoms with Crippen LogP contribution in [0.5, 0.6) is 0 Å². The van der Waals surface area contributed by atoms with Gasteiger partial charge in [-0.25, -0.2) is 0 Å². The van der Waals surface area contributed by atoms with Gasteiger partial charge in [0, 0.05) is 5.56 Å². The number of alkyl halides is 6. The molecular formula is C14H9F6N. The van der Waals surface area contributed by atoms with E-state index in [1.807, 2.05) is 0 Å². The molecule has 21 heavy (non-hydrogen) atoms. The third-order valence-electron chi connectivity index (χ3n) is 2.93. The Morgan fingerprint density at radius 2 is 1.29 bits per heavy atom. The number of anilines is 1. The zero-order chi connectivity index (χ0) is 15.8. The first-order valence-electron chi connectivity index (χ1n) is 5.74. The third-order valence-corrected chi connectivity index (χ3v) is 2.93. The molecule has 0 unspecified atom stereocenters. The summed E-state index contributed by atoms with van der Waals surface area (Å²) in [6.45, 7) is 0. The van der Waals surface area contributed by atoms with Crippen molar-refractivity contribution in [2.75, 3.05) is 5.73 Å². The molecule has 1 nitrogen and oxygen atoms in total. The van der Waals surface area contributed by atoms with E-state index in [1.54, 1.807) is 0 Å². The number of nitrogen functional groups attached to an aromatic ring is 1. The average molecular weight is 305 g/mol. The van der Waals surface area contributed by atoms with Crippen LogP contribution in [0, 0.1) is 0 Å². The van der Waals surface area contributed by atoms with Gasteiger partial charge in [0.25, 0.3) is 0 Å². The van der Waals surface area contributed by atoms with Gasteiger partial charge in [0.15, 0.2) is 0 Å². The van der Waals surface area contributed by atoms with Crippen LogP contribution in [0.1, 0.15) is 11.1 Å². The smallest absolute Gasteiger partial charge is 0.398 e. The standard InChI is InChI=1S/C14H9F6N/c15-13(16,17)9-6-4-8(5-7-9)10-2-1-3-11(12(10)21)14(18,19)20/h1-7H,21H2. The summed E-state index contributed by atoms with van der Waals surface area (Å²) in [6.07, 6.45) is -9.12. The quantitative estimate of drug-likeness (QED) is 0.584. The molecule has 0 radical (unpaired) electrons. The maximum atomic E-state index is 12.7. The topological polar surface area (TPSA) is 26.0 Å². The van der Waals surface area contributed by atoms with Gasteiger partial charge >= 0.3 is 12.4 Å². The minimum absolute atomic E-state index is 0.0403. The number of hydrogen-bond acceptors (Lipinski definition) is 1. The van der Waals surface area contributed by atoms with Crippen molar-refractivity contribution in [2.24, 2.45) is 0 Å². The van der Waals surface area contributed by atoms with Crippen molar-refractivity contribution in [1.29, 1.82) is 0 Å². The second kappa shape index (κ2) is 4.98. The number of para-hydroxylation sites is 1. The molecule has 0 saturated heterocycles. The molecule has 2 N–H and O–H groups in total. The summed E-state index contributed by atoms with van der Waals surface area (Å²) in [6, 6.07) is 7.09. The Kier molecular flexibility index (Phi) is 3.61. The summed E-state index contributed by atoms with van der Waals surface area (Å²) in [4.78, 5) is 0. The summed E-state index contributed by atoms with van der Waals surface area (Å²) in [5.41, 5.74) is 3.31. The van der Waals surface area contributed by atoms with Gasteiger partial charge in [0.1, 0.15) is 0 Å². The zero-order valence-electron chi connectivity index (χ0n) is 10.4. The van der Waals surface area contributed by atoms with E-state index in [1.165, 1.54) is 6.07 Å². The third kappa shape index (κ3) is 3.12. The first kappa shape index (κ1) is 15.2. The molecule has 2 aromatic carbocycles. The maximum Gasteiger partial charge on any atom is 0.418 e. The van der Waals surface area contributed by atoms with Crippen LogP contribution in [0.15, 0.2) is 42.5 Å². The summed E-state index contributed by atoms with van der Waals surface area (Å²) in [5, 5.41) is 0. The summed E-state index contributed by atoms with van der Waals surface area (Å²) in [7, 11) is 0. The van der Waals surface area contributed by atoms with Crippen molar-refractivity contribution in [1.82, 2.24) is 0 Å². The normalized spacial score (nSPS) is 12.5. The molecule has 0 aliphatic carbocycles. The molecule has 7 heteroatoms. The molecule has 0 aliphatic heterocycles. The first-order valence-corrected chi connectivity index (χ1v) is 5.74. The number of nitrogens with two attached hydrogens (primary N) is 1. The first-order chi connectivity index (χ1) is 9.60. The van der Waals surface area contributed by atoms with Crippen molar-refractivity contribution >= 4 is 5.69 Å². The fourth-order valence-corrected chi connectivity index (χ4v) is 1.90. The van der Waals surface area contributed by atoms with Gasteiger partial charge in [-0.3, -0.25) is 0 Å². The Labute approximate surface area is 116 Å². The van der Waals surface area contributed by atoms with Gasteiger partial charge in [-0.05, 0) is 23.8 Å². The van der Waals surface area contributed by atoms with Crippen molar-refractivity contribution in [3.05, 3.63) is 53.6 Å². The second-order valence-electron chi connectivity index (χ2n) is 4.34. The van der Waals surface area contributed by atoms with Crippen LogP contribution in [-0.2, 0) is 12.4 Å². The largest absolute Gasteiger partial charge is 0.418 e. The monoisotopic (exact) mass is 305 g/mol. The van der Waals surface area contributed by atoms with Crippen molar-refractivity contribution in [3.8, 4) is 11.1 Å². The lowest BCUT2D eigenvalue weighted by atomic mass is 9.99. The lowest BCUT2D eigenvalue weighted by Crippen LogP contribution is -2.09. The van der Waals surface area contributed by atoms with Crippen molar-refractivity contribution < 1.29 is 26.3 Å². The van der Waals surface area contributed by atoms with E-state index in [0.29, 0.717) is 0 Å². The molecular weight excluding hydrogens is 296 g/mol. The summed E-state index contributed by atoms with van der Waals surface area (Å²) < 4.78 is 75.6. The van der Waals surface area contributed by atoms with Crippen LogP contribution in [0.4, 0.5) is 32.0 Å². The Balaban J connectivity index is 2.48. The SMILES string of the molecule is Nc1c(-c2ccc(C(F)(F)F)cc2)cccc1C(F)(F)F. The minimum Gasteiger partial charge on any atom is -0.398 e. The van der Waals surface area contributed by atoms with Gasteiger partial charge in [0.05, 0.1) is 16.8 Å². The van der Waals surface area contributed by atoms with Gasteiger partial charge in [-0.2, -0.15) is 26.3 Å². The molecule has 2 rings (SSSR count). The Bertz CT molecular complexity index is 640. The van der Waals surface area contributed by atoms with Crippen LogP contribution >= 0.6 is 0 Å². The maximum absolute atomic E-state index is 12.7. The van der Waals surface area contributed by atoms with Crippen molar-refractivity contribution in [2.45, 2.75) is 12.4 Å². The highest BCUT2D eigenvalue weighted by Gasteiger charge is 2.34. The van der Waals surface area contributed by atoms with Crippen LogP contribution < -0.4 is 5.73 Å². The highest BCUT2D eigenvalue weighted by atomic mass is 19.4. The molecule has 112 valence electrons. The molecule has 2 aromatic rings. The van der Waals surface area contributed by atoms with Gasteiger partial charge in [-0.1, -0.05) is 24.3 Å². The molecule has 0 spiro atoms. The number of benzene rings is 2. The highest BCUT2D eigenvalue weighted by Crippen LogP contribution is 2.39. The van der Waals surface area contributed by atoms with Gasteiger partial charge in [0.2, 0.25) is 0 Å². The van der Waals surface area contributed by atoms with E-state index in [0.717, 1.165) is 36.4 Å². The molecule has 0 fully saturated rings. The van der Waals surface area contributed by atoms with Crippen molar-refractivity contribution in [3.63, 3.8) is 0 Å². The molecule has 0 aliphatic rings. The lowest BCUT2D eigenvalue weighted by molar-refractivity contribution is -0.138. The van der Waals surface area contributed by atoms with E-state index in [-0.39, 0.29) is 11.1 Å². The zero-order valence-corrected chi connectivity index (χ0v) is 10.4. The minimum atomic E-state index is -4.62. The molecule has 0 saturated carbocycles. The average Bonchev–Trinajstić information content (AvgIpc) is 2.37. The number of halogens is 6. The Hall–Kier alpha value is -2.18. The molecule has 0 aromatic heterocycles. The lowest BCUT2D eigenvalue weighted by Gasteiger charge is -2.14. The molecule has 0 amide bonds. The second-order valence-corrected chi connectivity index (χ2v) is 4.34. The van der Waals surface area contributed by atoms with Crippen LogP contribution in [0.2, 0.25) is 0 Å². The van der Waals surface area contributed by atoms with E-state index in [9.17, 15) is 26.3 Å². The van der Waals surface area contributed by atoms with Gasteiger partial charge in [-0.15, -0.1) is 0 Å². The summed E-state index contributed by atoms with van der Waals surface area (Å²) in [5.74, 6) is 0. The van der Waals surface area contributed by atoms with Crippen LogP contribution in [0.25, 0.3) is 11.1 Å². The molecule has 0 bridgehead atoms. The number of rotatable bonds is 1. The summed E-state index contributed by atoms with van der Waals surface area (Å²) >= 11 is 0. The van der Waals surface area contributed by atoms with Gasteiger partial charge < -0.3 is 5.73 Å². The highest BCUT2D eigenvalue weighted by molar-refractivity contribution is 5.79. The van der Waals surface area contributed by atoms with Crippen LogP contribution in [0.3, 0.4) is 0 Å². The molecule has 0 heterocycles. The number of hydrogen-bond donors (Lipinski definition) is 1. The van der Waals surface area contributed by atoms with E-state index in [4.69, 9.17) is 5.73 Å². The Morgan fingerprint density at radius 1 is 0.714 bits per heavy atom. The van der Waals surface area contributed by atoms with Crippen LogP contribution in [-0.4, -0.2) is 0 Å².